The van der Waals surface area contributed by atoms with Crippen molar-refractivity contribution in [1.29, 1.82) is 0 Å². The Balaban J connectivity index is 1.37. The van der Waals surface area contributed by atoms with Gasteiger partial charge in [0.2, 0.25) is 5.91 Å². The Morgan fingerprint density at radius 1 is 1.30 bits per heavy atom. The van der Waals surface area contributed by atoms with E-state index in [2.05, 4.69) is 4.74 Å². The zero-order valence-electron chi connectivity index (χ0n) is 15.9. The van der Waals surface area contributed by atoms with Crippen molar-refractivity contribution in [2.24, 2.45) is 11.3 Å². The van der Waals surface area contributed by atoms with E-state index < -0.39 is 12.2 Å². The number of aryl methyl sites for hydroxylation is 1. The fourth-order valence-electron chi connectivity index (χ4n) is 5.35. The quantitative estimate of drug-likeness (QED) is 0.864. The van der Waals surface area contributed by atoms with Crippen molar-refractivity contribution in [3.8, 4) is 5.75 Å². The van der Waals surface area contributed by atoms with Gasteiger partial charge in [0.25, 0.3) is 0 Å². The van der Waals surface area contributed by atoms with Crippen LogP contribution in [0.3, 0.4) is 0 Å². The molecule has 2 saturated carbocycles. The number of hydrogen-bond acceptors (Lipinski definition) is 3. The van der Waals surface area contributed by atoms with Crippen LogP contribution in [0.4, 0.5) is 8.78 Å². The van der Waals surface area contributed by atoms with Crippen molar-refractivity contribution < 1.29 is 23.4 Å². The van der Waals surface area contributed by atoms with Crippen LogP contribution < -0.4 is 4.74 Å². The summed E-state index contributed by atoms with van der Waals surface area (Å²) in [7, 11) is 0. The lowest BCUT2D eigenvalue weighted by Crippen LogP contribution is -2.61. The number of carbonyl (C=O) groups excluding carboxylic acids is 1. The van der Waals surface area contributed by atoms with Crippen molar-refractivity contribution in [2.45, 2.75) is 64.1 Å². The Bertz CT molecular complexity index is 735. The number of nitrogens with zero attached hydrogens (tertiary/aromatic N) is 1. The second kappa shape index (κ2) is 6.43. The van der Waals surface area contributed by atoms with E-state index in [1.165, 1.54) is 0 Å². The molecule has 3 aliphatic rings. The molecule has 0 unspecified atom stereocenters. The van der Waals surface area contributed by atoms with Gasteiger partial charge < -0.3 is 14.7 Å². The predicted molar refractivity (Wildman–Crippen MR) is 96.8 cm³/mol. The molecular weight excluding hydrogens is 352 g/mol. The molecule has 0 radical (unpaired) electrons. The summed E-state index contributed by atoms with van der Waals surface area (Å²) in [6.45, 7) is 2.55. The minimum atomic E-state index is -2.81. The summed E-state index contributed by atoms with van der Waals surface area (Å²) in [4.78, 5) is 14.5. The van der Waals surface area contributed by atoms with Crippen LogP contribution in [0, 0.1) is 18.3 Å². The molecule has 148 valence electrons. The average molecular weight is 379 g/mol. The van der Waals surface area contributed by atoms with Crippen molar-refractivity contribution >= 4 is 5.91 Å². The monoisotopic (exact) mass is 379 g/mol. The van der Waals surface area contributed by atoms with Crippen LogP contribution in [-0.2, 0) is 4.79 Å². The molecule has 4 rings (SSSR count). The lowest BCUT2D eigenvalue weighted by Gasteiger charge is -2.52. The van der Waals surface area contributed by atoms with E-state index in [0.29, 0.717) is 18.8 Å². The number of carbonyl (C=O) groups is 1. The highest BCUT2D eigenvalue weighted by molar-refractivity contribution is 5.81. The number of aliphatic hydroxyl groups is 1. The molecule has 1 atom stereocenters. The van der Waals surface area contributed by atoms with Crippen LogP contribution in [0.5, 0.6) is 5.75 Å². The van der Waals surface area contributed by atoms with Crippen LogP contribution in [0.2, 0.25) is 0 Å². The number of rotatable bonds is 4. The first kappa shape index (κ1) is 18.7. The summed E-state index contributed by atoms with van der Waals surface area (Å²) in [5.41, 5.74) is 1.68. The maximum absolute atomic E-state index is 12.5. The van der Waals surface area contributed by atoms with Crippen LogP contribution in [0.1, 0.15) is 56.1 Å². The molecule has 1 spiro atoms. The molecule has 0 aromatic heterocycles. The molecular formula is C21H27F2NO3. The smallest absolute Gasteiger partial charge is 0.387 e. The summed E-state index contributed by atoms with van der Waals surface area (Å²) in [5.74, 6) is 0.695. The van der Waals surface area contributed by atoms with Gasteiger partial charge in [-0.05, 0) is 75.1 Å². The van der Waals surface area contributed by atoms with Gasteiger partial charge in [-0.25, -0.2) is 0 Å². The molecule has 1 aliphatic heterocycles. The van der Waals surface area contributed by atoms with Crippen LogP contribution in [0.25, 0.3) is 0 Å². The number of alkyl halides is 2. The first-order valence-corrected chi connectivity index (χ1v) is 9.73. The third-order valence-electron chi connectivity index (χ3n) is 6.70. The van der Waals surface area contributed by atoms with Gasteiger partial charge in [0.1, 0.15) is 5.75 Å². The first-order valence-electron chi connectivity index (χ1n) is 9.73. The van der Waals surface area contributed by atoms with Gasteiger partial charge in [-0.15, -0.1) is 0 Å². The molecule has 1 aromatic rings. The van der Waals surface area contributed by atoms with E-state index in [0.717, 1.165) is 43.5 Å². The highest BCUT2D eigenvalue weighted by Crippen LogP contribution is 2.53. The Morgan fingerprint density at radius 2 is 2.00 bits per heavy atom. The Labute approximate surface area is 158 Å². The summed E-state index contributed by atoms with van der Waals surface area (Å²) < 4.78 is 29.6. The number of ether oxygens (including phenoxy) is 1. The molecule has 27 heavy (non-hydrogen) atoms. The SMILES string of the molecule is Cc1ccc(OC(F)F)cc1[C@@H]1CCC2(C1)CN(C(=O)C1CC(C)(O)C1)C2. The van der Waals surface area contributed by atoms with Crippen LogP contribution in [0.15, 0.2) is 18.2 Å². The third kappa shape index (κ3) is 3.56. The fraction of sp³-hybridized carbons (Fsp3) is 0.667. The number of likely N-dealkylation sites (tertiary alicyclic amines) is 1. The van der Waals surface area contributed by atoms with Gasteiger partial charge in [0.15, 0.2) is 0 Å². The average Bonchev–Trinajstić information content (AvgIpc) is 2.97. The summed E-state index contributed by atoms with van der Waals surface area (Å²) >= 11 is 0. The van der Waals surface area contributed by atoms with Gasteiger partial charge in [-0.2, -0.15) is 8.78 Å². The summed E-state index contributed by atoms with van der Waals surface area (Å²) in [5, 5.41) is 9.85. The minimum absolute atomic E-state index is 0.0278. The number of benzene rings is 1. The first-order chi connectivity index (χ1) is 12.7. The van der Waals surface area contributed by atoms with Gasteiger partial charge in [0.05, 0.1) is 5.60 Å². The van der Waals surface area contributed by atoms with Crippen LogP contribution in [-0.4, -0.2) is 41.2 Å². The van der Waals surface area contributed by atoms with Crippen molar-refractivity contribution in [3.63, 3.8) is 0 Å². The second-order valence-corrected chi connectivity index (χ2v) is 9.13. The number of hydrogen-bond donors (Lipinski definition) is 1. The molecule has 1 heterocycles. The molecule has 0 bridgehead atoms. The van der Waals surface area contributed by atoms with E-state index in [9.17, 15) is 18.7 Å². The molecule has 1 aromatic carbocycles. The lowest BCUT2D eigenvalue weighted by atomic mass is 9.69. The zero-order valence-corrected chi connectivity index (χ0v) is 15.9. The Kier molecular flexibility index (Phi) is 4.45. The topological polar surface area (TPSA) is 49.8 Å². The van der Waals surface area contributed by atoms with E-state index in [4.69, 9.17) is 0 Å². The van der Waals surface area contributed by atoms with E-state index in [-0.39, 0.29) is 23.0 Å². The van der Waals surface area contributed by atoms with E-state index in [1.807, 2.05) is 17.9 Å². The molecule has 1 amide bonds. The van der Waals surface area contributed by atoms with Gasteiger partial charge >= 0.3 is 6.61 Å². The standard InChI is InChI=1S/C21H27F2NO3/c1-13-3-4-16(27-19(22)23)7-17(13)14-5-6-21(10-14)11-24(12-21)18(25)15-8-20(2,26)9-15/h3-4,7,14-15,19,26H,5-6,8-12H2,1-2H3/t14-,15?,20?/m1/s1. The van der Waals surface area contributed by atoms with Crippen molar-refractivity contribution in [2.75, 3.05) is 13.1 Å². The molecule has 1 saturated heterocycles. The minimum Gasteiger partial charge on any atom is -0.435 e. The van der Waals surface area contributed by atoms with E-state index >= 15 is 0 Å². The Morgan fingerprint density at radius 3 is 2.63 bits per heavy atom. The van der Waals surface area contributed by atoms with Crippen LogP contribution >= 0.6 is 0 Å². The lowest BCUT2D eigenvalue weighted by molar-refractivity contribution is -0.161. The number of amides is 1. The maximum Gasteiger partial charge on any atom is 0.387 e. The highest BCUT2D eigenvalue weighted by Gasteiger charge is 2.53. The van der Waals surface area contributed by atoms with Gasteiger partial charge in [-0.1, -0.05) is 6.07 Å². The Hall–Kier alpha value is -1.69. The van der Waals surface area contributed by atoms with Gasteiger partial charge in [-0.3, -0.25) is 4.79 Å². The van der Waals surface area contributed by atoms with Crippen molar-refractivity contribution in [1.82, 2.24) is 4.90 Å². The maximum atomic E-state index is 12.5. The third-order valence-corrected chi connectivity index (χ3v) is 6.70. The fourth-order valence-corrected chi connectivity index (χ4v) is 5.35. The summed E-state index contributed by atoms with van der Waals surface area (Å²) in [6.07, 6.45) is 4.18. The molecule has 1 N–H and O–H groups in total. The zero-order chi connectivity index (χ0) is 19.4. The largest absolute Gasteiger partial charge is 0.435 e. The predicted octanol–water partition coefficient (Wildman–Crippen LogP) is 3.85. The summed E-state index contributed by atoms with van der Waals surface area (Å²) in [6, 6.07) is 5.19. The van der Waals surface area contributed by atoms with Crippen molar-refractivity contribution in [3.05, 3.63) is 29.3 Å². The van der Waals surface area contributed by atoms with E-state index in [1.54, 1.807) is 19.1 Å². The molecule has 3 fully saturated rings. The molecule has 6 heteroatoms. The molecule has 2 aliphatic carbocycles. The van der Waals surface area contributed by atoms with Gasteiger partial charge in [0, 0.05) is 24.4 Å². The number of halogens is 2. The molecule has 4 nitrogen and oxygen atoms in total. The second-order valence-electron chi connectivity index (χ2n) is 9.13. The normalized spacial score (nSPS) is 31.7. The highest BCUT2D eigenvalue weighted by atomic mass is 19.3.